The van der Waals surface area contributed by atoms with Gasteiger partial charge < -0.3 is 4.98 Å². The zero-order valence-electron chi connectivity index (χ0n) is 12.0. The van der Waals surface area contributed by atoms with E-state index in [-0.39, 0.29) is 5.91 Å². The molecule has 0 bridgehead atoms. The summed E-state index contributed by atoms with van der Waals surface area (Å²) < 4.78 is 0. The average Bonchev–Trinajstić information content (AvgIpc) is 3.04. The zero-order valence-corrected chi connectivity index (χ0v) is 12.0. The highest BCUT2D eigenvalue weighted by molar-refractivity contribution is 6.05. The average molecular weight is 283 g/mol. The van der Waals surface area contributed by atoms with Gasteiger partial charge in [0.2, 0.25) is 5.95 Å². The van der Waals surface area contributed by atoms with Crippen LogP contribution in [0, 0.1) is 5.92 Å². The fraction of sp³-hybridized carbons (Fsp3) is 0.267. The Labute approximate surface area is 122 Å². The van der Waals surface area contributed by atoms with Crippen LogP contribution in [-0.2, 0) is 6.42 Å². The predicted octanol–water partition coefficient (Wildman–Crippen LogP) is 2.74. The van der Waals surface area contributed by atoms with Gasteiger partial charge in [0, 0.05) is 17.3 Å². The van der Waals surface area contributed by atoms with Gasteiger partial charge in [0.1, 0.15) is 11.5 Å². The van der Waals surface area contributed by atoms with E-state index in [4.69, 9.17) is 0 Å². The Morgan fingerprint density at radius 1 is 1.33 bits per heavy atom. The van der Waals surface area contributed by atoms with Gasteiger partial charge in [-0.05, 0) is 18.1 Å². The van der Waals surface area contributed by atoms with Crippen molar-refractivity contribution in [2.75, 3.05) is 5.32 Å². The Bertz CT molecular complexity index is 738. The zero-order chi connectivity index (χ0) is 14.8. The molecule has 0 spiro atoms. The molecule has 1 aromatic carbocycles. The first-order valence-corrected chi connectivity index (χ1v) is 6.92. The van der Waals surface area contributed by atoms with Crippen LogP contribution in [-0.4, -0.2) is 26.1 Å². The van der Waals surface area contributed by atoms with Crippen molar-refractivity contribution in [3.63, 3.8) is 0 Å². The largest absolute Gasteiger partial charge is 0.351 e. The second-order valence-electron chi connectivity index (χ2n) is 5.43. The van der Waals surface area contributed by atoms with Crippen LogP contribution in [0.15, 0.2) is 30.3 Å². The quantitative estimate of drug-likeness (QED) is 0.688. The van der Waals surface area contributed by atoms with Gasteiger partial charge in [0.25, 0.3) is 5.91 Å². The smallest absolute Gasteiger partial charge is 0.274 e. The molecule has 3 aromatic rings. The minimum atomic E-state index is -0.249. The number of aromatic nitrogens is 4. The highest BCUT2D eigenvalue weighted by atomic mass is 16.2. The number of fused-ring (bicyclic) bond motifs is 1. The Morgan fingerprint density at radius 3 is 2.90 bits per heavy atom. The van der Waals surface area contributed by atoms with Gasteiger partial charge in [0.05, 0.1) is 0 Å². The molecule has 3 rings (SSSR count). The Balaban J connectivity index is 1.75. The highest BCUT2D eigenvalue weighted by Gasteiger charge is 2.12. The fourth-order valence-corrected chi connectivity index (χ4v) is 2.19. The lowest BCUT2D eigenvalue weighted by molar-refractivity contribution is 0.102. The van der Waals surface area contributed by atoms with Crippen molar-refractivity contribution >= 4 is 22.8 Å². The number of carbonyl (C=O) groups excluding carboxylic acids is 1. The molecule has 6 nitrogen and oxygen atoms in total. The maximum atomic E-state index is 12.2. The summed E-state index contributed by atoms with van der Waals surface area (Å²) >= 11 is 0. The molecule has 2 heterocycles. The van der Waals surface area contributed by atoms with Gasteiger partial charge in [-0.1, -0.05) is 32.0 Å². The predicted molar refractivity (Wildman–Crippen MR) is 81.2 cm³/mol. The third-order valence-electron chi connectivity index (χ3n) is 3.13. The minimum absolute atomic E-state index is 0.249. The third-order valence-corrected chi connectivity index (χ3v) is 3.13. The van der Waals surface area contributed by atoms with Crippen molar-refractivity contribution in [3.8, 4) is 0 Å². The lowest BCUT2D eigenvalue weighted by Crippen LogP contribution is -2.13. The molecule has 0 aliphatic heterocycles. The van der Waals surface area contributed by atoms with Gasteiger partial charge in [0.15, 0.2) is 0 Å². The van der Waals surface area contributed by atoms with Crippen molar-refractivity contribution < 1.29 is 4.79 Å². The number of nitrogens with zero attached hydrogens (tertiary/aromatic N) is 2. The first-order valence-electron chi connectivity index (χ1n) is 6.92. The van der Waals surface area contributed by atoms with Gasteiger partial charge in [-0.3, -0.25) is 15.2 Å². The summed E-state index contributed by atoms with van der Waals surface area (Å²) in [6, 6.07) is 9.56. The van der Waals surface area contributed by atoms with Crippen molar-refractivity contribution in [2.45, 2.75) is 20.3 Å². The van der Waals surface area contributed by atoms with Crippen LogP contribution in [0.3, 0.4) is 0 Å². The molecule has 0 atom stereocenters. The normalized spacial score (nSPS) is 11.2. The van der Waals surface area contributed by atoms with E-state index in [1.165, 1.54) is 0 Å². The van der Waals surface area contributed by atoms with E-state index in [9.17, 15) is 4.79 Å². The summed E-state index contributed by atoms with van der Waals surface area (Å²) in [5.74, 6) is 1.31. The van der Waals surface area contributed by atoms with Crippen LogP contribution in [0.1, 0.15) is 30.2 Å². The summed E-state index contributed by atoms with van der Waals surface area (Å²) in [6.45, 7) is 4.20. The number of aromatic amines is 2. The SMILES string of the molecule is CC(C)Cc1nc(NC(=O)c2cc3ccccc3[nH]2)n[nH]1. The molecule has 0 unspecified atom stereocenters. The number of hydrogen-bond acceptors (Lipinski definition) is 3. The van der Waals surface area contributed by atoms with Crippen molar-refractivity contribution in [2.24, 2.45) is 5.92 Å². The van der Waals surface area contributed by atoms with E-state index in [1.807, 2.05) is 30.3 Å². The van der Waals surface area contributed by atoms with Gasteiger partial charge in [-0.2, -0.15) is 4.98 Å². The van der Waals surface area contributed by atoms with Gasteiger partial charge in [-0.15, -0.1) is 5.10 Å². The van der Waals surface area contributed by atoms with Crippen LogP contribution in [0.5, 0.6) is 0 Å². The summed E-state index contributed by atoms with van der Waals surface area (Å²) in [7, 11) is 0. The molecule has 0 saturated carbocycles. The number of nitrogens with one attached hydrogen (secondary N) is 3. The number of hydrogen-bond donors (Lipinski definition) is 3. The summed E-state index contributed by atoms with van der Waals surface area (Å²) in [5.41, 5.74) is 1.42. The number of amides is 1. The minimum Gasteiger partial charge on any atom is -0.351 e. The third kappa shape index (κ3) is 2.94. The van der Waals surface area contributed by atoms with Crippen LogP contribution in [0.25, 0.3) is 10.9 Å². The number of carbonyl (C=O) groups is 1. The Kier molecular flexibility index (Phi) is 3.43. The highest BCUT2D eigenvalue weighted by Crippen LogP contribution is 2.15. The van der Waals surface area contributed by atoms with E-state index < -0.39 is 0 Å². The standard InChI is InChI=1S/C15H17N5O/c1-9(2)7-13-17-15(20-19-13)18-14(21)12-8-10-5-3-4-6-11(10)16-12/h3-6,8-9,16H,7H2,1-2H3,(H2,17,18,19,20,21). The maximum absolute atomic E-state index is 12.2. The van der Waals surface area contributed by atoms with E-state index in [1.54, 1.807) is 0 Å². The van der Waals surface area contributed by atoms with Crippen molar-refractivity contribution in [1.29, 1.82) is 0 Å². The Hall–Kier alpha value is -2.63. The molecule has 3 N–H and O–H groups in total. The molecule has 0 aliphatic carbocycles. The molecule has 1 amide bonds. The molecule has 2 aromatic heterocycles. The number of anilines is 1. The van der Waals surface area contributed by atoms with Crippen LogP contribution in [0.2, 0.25) is 0 Å². The molecule has 108 valence electrons. The number of rotatable bonds is 4. The fourth-order valence-electron chi connectivity index (χ4n) is 2.19. The second-order valence-corrected chi connectivity index (χ2v) is 5.43. The van der Waals surface area contributed by atoms with Crippen LogP contribution >= 0.6 is 0 Å². The van der Waals surface area contributed by atoms with E-state index in [0.717, 1.165) is 23.1 Å². The van der Waals surface area contributed by atoms with Gasteiger partial charge in [-0.25, -0.2) is 0 Å². The number of benzene rings is 1. The molecule has 21 heavy (non-hydrogen) atoms. The van der Waals surface area contributed by atoms with Crippen molar-refractivity contribution in [3.05, 3.63) is 41.9 Å². The van der Waals surface area contributed by atoms with Gasteiger partial charge >= 0.3 is 0 Å². The van der Waals surface area contributed by atoms with E-state index in [2.05, 4.69) is 39.3 Å². The molecule has 0 fully saturated rings. The van der Waals surface area contributed by atoms with E-state index in [0.29, 0.717) is 17.6 Å². The molecule has 0 saturated heterocycles. The monoisotopic (exact) mass is 283 g/mol. The summed E-state index contributed by atoms with van der Waals surface area (Å²) in [6.07, 6.45) is 0.801. The molecular weight excluding hydrogens is 266 g/mol. The lowest BCUT2D eigenvalue weighted by atomic mass is 10.1. The Morgan fingerprint density at radius 2 is 2.14 bits per heavy atom. The topological polar surface area (TPSA) is 86.5 Å². The lowest BCUT2D eigenvalue weighted by Gasteiger charge is -1.99. The molecule has 0 aliphatic rings. The summed E-state index contributed by atoms with van der Waals surface area (Å²) in [5, 5.41) is 10.5. The van der Waals surface area contributed by atoms with Crippen LogP contribution in [0.4, 0.5) is 5.95 Å². The second kappa shape index (κ2) is 5.40. The number of H-pyrrole nitrogens is 2. The van der Waals surface area contributed by atoms with Crippen molar-refractivity contribution in [1.82, 2.24) is 20.2 Å². The molecular formula is C15H17N5O. The first-order chi connectivity index (χ1) is 10.1. The van der Waals surface area contributed by atoms with E-state index >= 15 is 0 Å². The maximum Gasteiger partial charge on any atom is 0.274 e. The number of para-hydroxylation sites is 1. The first kappa shape index (κ1) is 13.4. The van der Waals surface area contributed by atoms with Crippen LogP contribution < -0.4 is 5.32 Å². The molecule has 6 heteroatoms. The summed E-state index contributed by atoms with van der Waals surface area (Å²) in [4.78, 5) is 19.5. The molecule has 0 radical (unpaired) electrons.